The molecule has 2 aliphatic heterocycles. The monoisotopic (exact) mass is 824 g/mol. The second-order valence-corrected chi connectivity index (χ2v) is 28.9. The first-order valence-electron chi connectivity index (χ1n) is 21.1. The minimum absolute atomic E-state index is 0.0282. The van der Waals surface area contributed by atoms with Crippen LogP contribution in [0.15, 0.2) is 36.4 Å². The number of carbonyl (C=O) groups excluding carboxylic acids is 1. The number of benzene rings is 1. The molecule has 0 aromatic heterocycles. The van der Waals surface area contributed by atoms with Crippen LogP contribution in [0, 0.1) is 5.92 Å². The molecule has 0 bridgehead atoms. The Morgan fingerprint density at radius 3 is 2.09 bits per heavy atom. The van der Waals surface area contributed by atoms with Crippen LogP contribution in [0.1, 0.15) is 113 Å². The Labute approximate surface area is 340 Å². The number of hydrogen-bond acceptors (Lipinski definition) is 9. The number of thioether (sulfide) groups is 2. The summed E-state index contributed by atoms with van der Waals surface area (Å²) in [5.41, 5.74) is 2.33. The first-order valence-corrected chi connectivity index (χ1v) is 28.1. The predicted octanol–water partition coefficient (Wildman–Crippen LogP) is 11.8. The number of ether oxygens (including phenoxy) is 4. The van der Waals surface area contributed by atoms with Crippen molar-refractivity contribution in [1.29, 1.82) is 0 Å². The van der Waals surface area contributed by atoms with Crippen LogP contribution in [0.5, 0.6) is 5.75 Å². The Kier molecular flexibility index (Phi) is 20.4. The van der Waals surface area contributed by atoms with Crippen LogP contribution in [0.2, 0.25) is 36.3 Å². The first kappa shape index (κ1) is 47.7. The van der Waals surface area contributed by atoms with Crippen LogP contribution in [0.4, 0.5) is 0 Å². The molecule has 4 atom stereocenters. The number of carbonyl (C=O) groups is 1. The van der Waals surface area contributed by atoms with Gasteiger partial charge in [-0.1, -0.05) is 72.8 Å². The van der Waals surface area contributed by atoms with E-state index in [4.69, 9.17) is 27.8 Å². The number of rotatable bonds is 26. The Morgan fingerprint density at radius 2 is 1.52 bits per heavy atom. The number of ketones is 1. The molecule has 2 heterocycles. The molecule has 3 rings (SSSR count). The van der Waals surface area contributed by atoms with Crippen molar-refractivity contribution in [3.63, 3.8) is 0 Å². The third kappa shape index (κ3) is 14.9. The van der Waals surface area contributed by atoms with Crippen LogP contribution in [-0.2, 0) is 34.5 Å². The SMILES string of the molecule is C=C(C[C@@H](CC1(CC(=O)C[C@@H]2C[C@H](CCOCc3ccc(OC)cc3)OC(C)(C)O2)SCCCS1)O[Si](CC)(CC)CC)[C@@H](C)CO[Si](CC)(CC)CC. The highest BCUT2D eigenvalue weighted by atomic mass is 32.2. The molecular weight excluding hydrogens is 749 g/mol. The molecule has 0 saturated carbocycles. The van der Waals surface area contributed by atoms with Crippen molar-refractivity contribution in [2.75, 3.05) is 31.8 Å². The summed E-state index contributed by atoms with van der Waals surface area (Å²) in [4.78, 5) is 14.2. The summed E-state index contributed by atoms with van der Waals surface area (Å²) in [6, 6.07) is 14.8. The lowest BCUT2D eigenvalue weighted by Gasteiger charge is -2.43. The molecule has 7 nitrogen and oxygen atoms in total. The lowest BCUT2D eigenvalue weighted by Crippen LogP contribution is -2.46. The van der Waals surface area contributed by atoms with Crippen LogP contribution in [-0.4, -0.2) is 82.4 Å². The maximum atomic E-state index is 14.2. The van der Waals surface area contributed by atoms with Gasteiger partial charge in [0, 0.05) is 32.5 Å². The fourth-order valence-electron chi connectivity index (χ4n) is 8.01. The van der Waals surface area contributed by atoms with Crippen LogP contribution >= 0.6 is 23.5 Å². The summed E-state index contributed by atoms with van der Waals surface area (Å²) in [6.07, 6.45) is 5.08. The topological polar surface area (TPSA) is 72.5 Å². The molecule has 54 heavy (non-hydrogen) atoms. The minimum Gasteiger partial charge on any atom is -0.497 e. The van der Waals surface area contributed by atoms with Gasteiger partial charge in [-0.3, -0.25) is 4.79 Å². The van der Waals surface area contributed by atoms with E-state index in [-0.39, 0.29) is 34.1 Å². The van der Waals surface area contributed by atoms with E-state index in [0.717, 1.165) is 85.0 Å². The second-order valence-electron chi connectivity index (χ2n) is 16.2. The third-order valence-electron chi connectivity index (χ3n) is 12.0. The highest BCUT2D eigenvalue weighted by Crippen LogP contribution is 2.50. The highest BCUT2D eigenvalue weighted by molar-refractivity contribution is 8.18. The van der Waals surface area contributed by atoms with E-state index in [9.17, 15) is 4.79 Å². The zero-order chi connectivity index (χ0) is 39.8. The normalized spacial score (nSPS) is 21.4. The van der Waals surface area contributed by atoms with Crippen LogP contribution in [0.3, 0.4) is 0 Å². The molecule has 0 radical (unpaired) electrons. The van der Waals surface area contributed by atoms with Gasteiger partial charge in [0.1, 0.15) is 11.5 Å². The predicted molar refractivity (Wildman–Crippen MR) is 235 cm³/mol. The van der Waals surface area contributed by atoms with Crippen molar-refractivity contribution in [3.05, 3.63) is 42.0 Å². The highest BCUT2D eigenvalue weighted by Gasteiger charge is 2.43. The van der Waals surface area contributed by atoms with Crippen molar-refractivity contribution < 1.29 is 32.6 Å². The molecule has 0 amide bonds. The molecule has 0 aliphatic carbocycles. The molecular formula is C43H76O7S2Si2. The molecule has 310 valence electrons. The van der Waals surface area contributed by atoms with Crippen molar-refractivity contribution in [3.8, 4) is 5.75 Å². The fraction of sp³-hybridized carbons (Fsp3) is 0.791. The summed E-state index contributed by atoms with van der Waals surface area (Å²) in [7, 11) is -1.93. The average molecular weight is 825 g/mol. The molecule has 0 N–H and O–H groups in total. The molecule has 2 saturated heterocycles. The van der Waals surface area contributed by atoms with Crippen molar-refractivity contribution in [2.24, 2.45) is 5.92 Å². The summed E-state index contributed by atoms with van der Waals surface area (Å²) < 4.78 is 37.9. The van der Waals surface area contributed by atoms with Gasteiger partial charge in [0.2, 0.25) is 0 Å². The third-order valence-corrected chi connectivity index (χ3v) is 24.7. The van der Waals surface area contributed by atoms with E-state index >= 15 is 0 Å². The van der Waals surface area contributed by atoms with Crippen LogP contribution < -0.4 is 4.74 Å². The lowest BCUT2D eigenvalue weighted by molar-refractivity contribution is -0.300. The van der Waals surface area contributed by atoms with Gasteiger partial charge in [-0.15, -0.1) is 23.5 Å². The van der Waals surface area contributed by atoms with E-state index in [0.29, 0.717) is 32.5 Å². The largest absolute Gasteiger partial charge is 0.497 e. The van der Waals surface area contributed by atoms with Crippen LogP contribution in [0.25, 0.3) is 0 Å². The van der Waals surface area contributed by atoms with E-state index in [1.807, 2.05) is 61.6 Å². The summed E-state index contributed by atoms with van der Waals surface area (Å²) in [6.45, 7) is 26.5. The van der Waals surface area contributed by atoms with Gasteiger partial charge in [0.15, 0.2) is 22.4 Å². The van der Waals surface area contributed by atoms with Gasteiger partial charge in [0.05, 0.1) is 36.1 Å². The Bertz CT molecular complexity index is 1230. The van der Waals surface area contributed by atoms with Gasteiger partial charge in [-0.2, -0.15) is 0 Å². The molecule has 2 fully saturated rings. The summed E-state index contributed by atoms with van der Waals surface area (Å²) in [5.74, 6) is 2.79. The van der Waals surface area contributed by atoms with Crippen molar-refractivity contribution in [2.45, 2.75) is 178 Å². The number of methoxy groups -OCH3 is 1. The second kappa shape index (κ2) is 23.1. The van der Waals surface area contributed by atoms with Crippen molar-refractivity contribution in [1.82, 2.24) is 0 Å². The average Bonchev–Trinajstić information content (AvgIpc) is 3.16. The van der Waals surface area contributed by atoms with E-state index in [1.165, 1.54) is 12.0 Å². The Hall–Kier alpha value is -0.636. The summed E-state index contributed by atoms with van der Waals surface area (Å²) >= 11 is 3.98. The Morgan fingerprint density at radius 1 is 0.926 bits per heavy atom. The maximum Gasteiger partial charge on any atom is 0.192 e. The standard InChI is InChI=1S/C43H76O7S2Si2/c1-12-53(13-2,14-3)47-32-35(8)34(7)27-41(50-54(15-4,16-5)17-6)31-43(51-25-18-26-52-43)30-37(44)28-40-29-39(48-42(9,10)49-40)23-24-46-33-36-19-21-38(45-11)22-20-36/h19-22,35,39-41H,7,12-18,23-33H2,1-6,8-11H3/t35-,39-,40+,41-/m0/s1. The molecule has 0 spiro atoms. The zero-order valence-corrected chi connectivity index (χ0v) is 39.4. The molecule has 11 heteroatoms. The van der Waals surface area contributed by atoms with Gasteiger partial charge < -0.3 is 27.8 Å². The van der Waals surface area contributed by atoms with E-state index in [1.54, 1.807) is 7.11 Å². The minimum atomic E-state index is -1.92. The lowest BCUT2D eigenvalue weighted by atomic mass is 9.94. The fourth-order valence-corrected chi connectivity index (χ4v) is 17.1. The zero-order valence-electron chi connectivity index (χ0n) is 35.7. The quantitative estimate of drug-likeness (QED) is 0.0516. The van der Waals surface area contributed by atoms with Crippen molar-refractivity contribution >= 4 is 45.9 Å². The first-order chi connectivity index (χ1) is 25.7. The maximum absolute atomic E-state index is 14.2. The molecule has 0 unspecified atom stereocenters. The van der Waals surface area contributed by atoms with Gasteiger partial charge in [-0.25, -0.2) is 0 Å². The molecule has 1 aromatic carbocycles. The van der Waals surface area contributed by atoms with Gasteiger partial charge in [-0.05, 0) is 111 Å². The van der Waals surface area contributed by atoms with E-state index in [2.05, 4.69) is 55.0 Å². The molecule has 1 aromatic rings. The van der Waals surface area contributed by atoms with E-state index < -0.39 is 22.4 Å². The smallest absolute Gasteiger partial charge is 0.192 e. The number of Topliss-reactive ketones (excluding diaryl/α,β-unsaturated/α-hetero) is 1. The number of hydrogen-bond donors (Lipinski definition) is 0. The van der Waals surface area contributed by atoms with Gasteiger partial charge >= 0.3 is 0 Å². The Balaban J connectivity index is 1.68. The molecule has 2 aliphatic rings. The summed E-state index contributed by atoms with van der Waals surface area (Å²) in [5, 5.41) is 0. The van der Waals surface area contributed by atoms with Gasteiger partial charge in [0.25, 0.3) is 0 Å².